The van der Waals surface area contributed by atoms with E-state index in [-0.39, 0.29) is 49.1 Å². The highest BCUT2D eigenvalue weighted by Gasteiger charge is 2.39. The van der Waals surface area contributed by atoms with Gasteiger partial charge in [0.25, 0.3) is 0 Å². The van der Waals surface area contributed by atoms with Gasteiger partial charge in [0.2, 0.25) is 11.8 Å². The van der Waals surface area contributed by atoms with Crippen molar-refractivity contribution in [2.75, 3.05) is 29.5 Å². The molecule has 11 nitrogen and oxygen atoms in total. The van der Waals surface area contributed by atoms with Gasteiger partial charge in [0.05, 0.1) is 30.2 Å². The van der Waals surface area contributed by atoms with Crippen LogP contribution in [0.3, 0.4) is 0 Å². The molecule has 4 atom stereocenters. The number of benzene rings is 3. The third-order valence-corrected chi connectivity index (χ3v) is 8.85. The predicted molar refractivity (Wildman–Crippen MR) is 192 cm³/mol. The van der Waals surface area contributed by atoms with Gasteiger partial charge in [-0.1, -0.05) is 48.5 Å². The van der Waals surface area contributed by atoms with Crippen LogP contribution in [-0.2, 0) is 35.2 Å². The second-order valence-electron chi connectivity index (χ2n) is 14.0. The topological polar surface area (TPSA) is 152 Å². The molecular formula is C39H50N4O7. The Hall–Kier alpha value is -4.29. The molecule has 2 fully saturated rings. The number of carbonyl (C=O) groups is 3. The Morgan fingerprint density at radius 1 is 0.900 bits per heavy atom. The van der Waals surface area contributed by atoms with Gasteiger partial charge < -0.3 is 35.7 Å². The van der Waals surface area contributed by atoms with E-state index in [4.69, 9.17) is 19.9 Å². The summed E-state index contributed by atoms with van der Waals surface area (Å²) in [7, 11) is 0. The number of nitrogens with zero attached hydrogens (tertiary/aromatic N) is 1. The summed E-state index contributed by atoms with van der Waals surface area (Å²) in [5.41, 5.74) is 9.69. The first-order chi connectivity index (χ1) is 24.0. The van der Waals surface area contributed by atoms with E-state index in [9.17, 15) is 19.5 Å². The lowest BCUT2D eigenvalue weighted by Crippen LogP contribution is -2.45. The number of esters is 1. The van der Waals surface area contributed by atoms with Crippen LogP contribution in [-0.4, -0.2) is 58.6 Å². The number of hydrogen-bond acceptors (Lipinski definition) is 9. The Bertz CT molecular complexity index is 1590. The molecule has 2 heterocycles. The zero-order valence-electron chi connectivity index (χ0n) is 29.2. The van der Waals surface area contributed by atoms with Gasteiger partial charge in [-0.15, -0.1) is 0 Å². The number of anilines is 3. The first kappa shape index (κ1) is 37.0. The van der Waals surface area contributed by atoms with Gasteiger partial charge in [-0.2, -0.15) is 0 Å². The summed E-state index contributed by atoms with van der Waals surface area (Å²) in [5.74, 6) is -0.472. The highest BCUT2D eigenvalue weighted by Crippen LogP contribution is 2.39. The Kier molecular flexibility index (Phi) is 12.6. The Morgan fingerprint density at radius 2 is 1.56 bits per heavy atom. The summed E-state index contributed by atoms with van der Waals surface area (Å²) >= 11 is 0. The number of nitrogen functional groups attached to an aromatic ring is 1. The fourth-order valence-corrected chi connectivity index (χ4v) is 6.32. The Labute approximate surface area is 294 Å². The number of hydrogen-bond donors (Lipinski definition) is 4. The second-order valence-corrected chi connectivity index (χ2v) is 14.0. The molecule has 50 heavy (non-hydrogen) atoms. The second kappa shape index (κ2) is 17.1. The maximum absolute atomic E-state index is 13.0. The van der Waals surface area contributed by atoms with E-state index in [0.717, 1.165) is 36.1 Å². The average molecular weight is 687 g/mol. The number of amides is 2. The van der Waals surface area contributed by atoms with Crippen molar-refractivity contribution >= 4 is 34.8 Å². The molecule has 268 valence electrons. The molecule has 0 aliphatic carbocycles. The summed E-state index contributed by atoms with van der Waals surface area (Å²) in [5, 5.41) is 15.3. The van der Waals surface area contributed by atoms with Gasteiger partial charge in [-0.25, -0.2) is 0 Å². The standard InChI is InChI=1S/C39H50N4O7/c1-39(2,3)50-37(47)33-11-8-22-43(33)24-30-23-34(27-16-14-26(25-44)15-17-27)49-38(48-30)28-18-20-29(21-19-28)41-35(45)12-6-7-13-36(46)42-32-10-5-4-9-31(32)40/h4-5,9-10,14-21,30,33-34,38,44H,6-8,11-13,22-25,40H2,1-3H3,(H,41,45)(H,42,46)/t30-,33+,34+,38+/m1/s1. The van der Waals surface area contributed by atoms with Crippen LogP contribution < -0.4 is 16.4 Å². The number of unbranched alkanes of at least 4 members (excludes halogenated alkanes) is 1. The van der Waals surface area contributed by atoms with Crippen molar-refractivity contribution in [2.24, 2.45) is 0 Å². The average Bonchev–Trinajstić information content (AvgIpc) is 3.55. The van der Waals surface area contributed by atoms with E-state index in [1.807, 2.05) is 81.4 Å². The molecule has 3 aromatic carbocycles. The van der Waals surface area contributed by atoms with E-state index >= 15 is 0 Å². The molecule has 0 bridgehead atoms. The number of aliphatic hydroxyl groups excluding tert-OH is 1. The number of nitrogens with one attached hydrogen (secondary N) is 2. The fraction of sp³-hybridized carbons (Fsp3) is 0.462. The predicted octanol–water partition coefficient (Wildman–Crippen LogP) is 6.25. The van der Waals surface area contributed by atoms with Gasteiger partial charge in [0.15, 0.2) is 6.29 Å². The van der Waals surface area contributed by atoms with Crippen LogP contribution >= 0.6 is 0 Å². The molecule has 3 aromatic rings. The Balaban J connectivity index is 1.17. The van der Waals surface area contributed by atoms with Crippen LogP contribution in [0.4, 0.5) is 17.1 Å². The first-order valence-corrected chi connectivity index (χ1v) is 17.5. The lowest BCUT2D eigenvalue weighted by atomic mass is 9.99. The highest BCUT2D eigenvalue weighted by molar-refractivity contribution is 5.94. The molecule has 0 unspecified atom stereocenters. The lowest BCUT2D eigenvalue weighted by molar-refractivity contribution is -0.253. The molecule has 0 radical (unpaired) electrons. The zero-order valence-corrected chi connectivity index (χ0v) is 29.2. The SMILES string of the molecule is CC(C)(C)OC(=O)[C@@H]1CCCN1C[C@H]1C[C@@H](c2ccc(CO)cc2)O[C@@H](c2ccc(NC(=O)CCCCC(=O)Nc3ccccc3N)cc2)O1. The van der Waals surface area contributed by atoms with Crippen LogP contribution in [0.2, 0.25) is 0 Å². The van der Waals surface area contributed by atoms with Crippen molar-refractivity contribution in [2.45, 2.75) is 102 Å². The molecular weight excluding hydrogens is 636 g/mol. The molecule has 2 aliphatic rings. The maximum atomic E-state index is 13.0. The lowest BCUT2D eigenvalue weighted by Gasteiger charge is -2.38. The third-order valence-electron chi connectivity index (χ3n) is 8.85. The minimum atomic E-state index is -0.666. The monoisotopic (exact) mass is 686 g/mol. The fourth-order valence-electron chi connectivity index (χ4n) is 6.32. The van der Waals surface area contributed by atoms with Crippen molar-refractivity contribution in [1.29, 1.82) is 0 Å². The number of likely N-dealkylation sites (tertiary alicyclic amines) is 1. The number of para-hydroxylation sites is 2. The molecule has 5 rings (SSSR count). The van der Waals surface area contributed by atoms with Crippen LogP contribution in [0.25, 0.3) is 0 Å². The number of nitrogens with two attached hydrogens (primary N) is 1. The quantitative estimate of drug-likeness (QED) is 0.0929. The smallest absolute Gasteiger partial charge is 0.323 e. The number of rotatable bonds is 13. The van der Waals surface area contributed by atoms with Crippen LogP contribution in [0.1, 0.15) is 94.8 Å². The molecule has 2 aliphatic heterocycles. The third kappa shape index (κ3) is 10.6. The molecule has 2 amide bonds. The summed E-state index contributed by atoms with van der Waals surface area (Å²) in [4.78, 5) is 40.1. The van der Waals surface area contributed by atoms with E-state index in [1.165, 1.54) is 0 Å². The maximum Gasteiger partial charge on any atom is 0.323 e. The summed E-state index contributed by atoms with van der Waals surface area (Å²) in [6, 6.07) is 21.9. The summed E-state index contributed by atoms with van der Waals surface area (Å²) in [6.07, 6.45) is 2.84. The number of aliphatic hydroxyl groups is 1. The minimum absolute atomic E-state index is 0.0358. The molecule has 0 saturated carbocycles. The zero-order chi connectivity index (χ0) is 35.7. The van der Waals surface area contributed by atoms with Crippen molar-refractivity contribution in [3.05, 3.63) is 89.5 Å². The van der Waals surface area contributed by atoms with Gasteiger partial charge >= 0.3 is 5.97 Å². The van der Waals surface area contributed by atoms with Crippen molar-refractivity contribution < 1.29 is 33.7 Å². The number of carbonyl (C=O) groups excluding carboxylic acids is 3. The van der Waals surface area contributed by atoms with Gasteiger partial charge in [-0.05, 0) is 88.4 Å². The molecule has 5 N–H and O–H groups in total. The number of ether oxygens (including phenoxy) is 3. The largest absolute Gasteiger partial charge is 0.459 e. The molecule has 2 saturated heterocycles. The molecule has 0 aromatic heterocycles. The normalized spacial score (nSPS) is 21.0. The van der Waals surface area contributed by atoms with Crippen molar-refractivity contribution in [3.63, 3.8) is 0 Å². The van der Waals surface area contributed by atoms with E-state index in [0.29, 0.717) is 49.3 Å². The summed E-state index contributed by atoms with van der Waals surface area (Å²) < 4.78 is 18.7. The highest BCUT2D eigenvalue weighted by atomic mass is 16.7. The van der Waals surface area contributed by atoms with Crippen LogP contribution in [0.15, 0.2) is 72.8 Å². The molecule has 0 spiro atoms. The molecule has 11 heteroatoms. The van der Waals surface area contributed by atoms with E-state index in [1.54, 1.807) is 12.1 Å². The van der Waals surface area contributed by atoms with Gasteiger partial charge in [0, 0.05) is 37.1 Å². The van der Waals surface area contributed by atoms with Crippen LogP contribution in [0.5, 0.6) is 0 Å². The van der Waals surface area contributed by atoms with E-state index < -0.39 is 11.9 Å². The Morgan fingerprint density at radius 3 is 2.22 bits per heavy atom. The van der Waals surface area contributed by atoms with Crippen molar-refractivity contribution in [3.8, 4) is 0 Å². The van der Waals surface area contributed by atoms with Gasteiger partial charge in [-0.3, -0.25) is 19.3 Å². The minimum Gasteiger partial charge on any atom is -0.459 e. The van der Waals surface area contributed by atoms with Crippen LogP contribution in [0, 0.1) is 0 Å². The van der Waals surface area contributed by atoms with Gasteiger partial charge in [0.1, 0.15) is 11.6 Å². The van der Waals surface area contributed by atoms with Crippen molar-refractivity contribution in [1.82, 2.24) is 4.90 Å². The summed E-state index contributed by atoms with van der Waals surface area (Å²) in [6.45, 7) is 6.96. The first-order valence-electron chi connectivity index (χ1n) is 17.5. The van der Waals surface area contributed by atoms with E-state index in [2.05, 4.69) is 15.5 Å².